The van der Waals surface area contributed by atoms with Crippen LogP contribution in [0.15, 0.2) is 54.6 Å². The lowest BCUT2D eigenvalue weighted by atomic mass is 10.1. The van der Waals surface area contributed by atoms with Crippen LogP contribution in [0.3, 0.4) is 0 Å². The Bertz CT molecular complexity index is 1090. The molecule has 10 heteroatoms. The van der Waals surface area contributed by atoms with Crippen molar-refractivity contribution in [1.82, 2.24) is 14.5 Å². The van der Waals surface area contributed by atoms with Crippen LogP contribution in [0.2, 0.25) is 0 Å². The third-order valence-corrected chi connectivity index (χ3v) is 7.82. The molecule has 0 aliphatic rings. The van der Waals surface area contributed by atoms with Gasteiger partial charge in [0.1, 0.15) is 18.4 Å². The Morgan fingerprint density at radius 3 is 2.11 bits per heavy atom. The van der Waals surface area contributed by atoms with Crippen molar-refractivity contribution in [2.45, 2.75) is 52.1 Å². The molecule has 0 fully saturated rings. The van der Waals surface area contributed by atoms with Crippen LogP contribution in [0.1, 0.15) is 39.2 Å². The molecule has 1 N–H and O–H groups in total. The Hall–Kier alpha value is -2.98. The number of hydrogen-bond donors (Lipinski definition) is 1. The van der Waals surface area contributed by atoms with Crippen LogP contribution >= 0.6 is 0 Å². The van der Waals surface area contributed by atoms with Crippen molar-refractivity contribution in [3.05, 3.63) is 66.0 Å². The van der Waals surface area contributed by atoms with Crippen LogP contribution in [-0.4, -0.2) is 68.7 Å². The predicted octanol–water partition coefficient (Wildman–Crippen LogP) is 3.20. The topological polar surface area (TPSA) is 90.0 Å². The standard InChI is InChI=1S/C26H37FN4O4S/c1-6-20(3)28-26(33)24(7-2)30(18-17-21-11-9-8-10-12-21)25(32)19-31(36(34,35)29(4)5)23-15-13-22(27)14-16-23/h8-16,20,24H,6-7,17-19H2,1-5H3,(H,28,33). The van der Waals surface area contributed by atoms with E-state index in [1.807, 2.05) is 51.1 Å². The average Bonchev–Trinajstić information content (AvgIpc) is 2.85. The van der Waals surface area contributed by atoms with E-state index in [-0.39, 0.29) is 24.2 Å². The summed E-state index contributed by atoms with van der Waals surface area (Å²) in [7, 11) is -1.36. The Balaban J connectivity index is 2.42. The van der Waals surface area contributed by atoms with Crippen LogP contribution in [0, 0.1) is 5.82 Å². The highest BCUT2D eigenvalue weighted by Crippen LogP contribution is 2.21. The van der Waals surface area contributed by atoms with Crippen molar-refractivity contribution in [3.63, 3.8) is 0 Å². The summed E-state index contributed by atoms with van der Waals surface area (Å²) in [4.78, 5) is 28.3. The van der Waals surface area contributed by atoms with E-state index < -0.39 is 34.5 Å². The summed E-state index contributed by atoms with van der Waals surface area (Å²) in [6.45, 7) is 5.36. The molecular weight excluding hydrogens is 483 g/mol. The molecule has 2 amide bonds. The maximum atomic E-state index is 13.7. The molecule has 0 radical (unpaired) electrons. The van der Waals surface area contributed by atoms with E-state index in [9.17, 15) is 22.4 Å². The number of hydrogen-bond acceptors (Lipinski definition) is 4. The van der Waals surface area contributed by atoms with Crippen molar-refractivity contribution in [2.24, 2.45) is 0 Å². The first-order chi connectivity index (χ1) is 17.0. The van der Waals surface area contributed by atoms with Crippen LogP contribution in [0.25, 0.3) is 0 Å². The summed E-state index contributed by atoms with van der Waals surface area (Å²) in [6, 6.07) is 13.6. The van der Waals surface area contributed by atoms with Gasteiger partial charge >= 0.3 is 10.2 Å². The molecule has 0 saturated heterocycles. The van der Waals surface area contributed by atoms with Crippen molar-refractivity contribution in [1.29, 1.82) is 0 Å². The van der Waals surface area contributed by atoms with E-state index in [1.54, 1.807) is 0 Å². The molecule has 8 nitrogen and oxygen atoms in total. The molecule has 0 heterocycles. The number of carbonyl (C=O) groups excluding carboxylic acids is 2. The molecule has 0 saturated carbocycles. The number of carbonyl (C=O) groups is 2. The number of halogens is 1. The molecule has 2 unspecified atom stereocenters. The lowest BCUT2D eigenvalue weighted by Gasteiger charge is -2.34. The quantitative estimate of drug-likeness (QED) is 0.439. The third kappa shape index (κ3) is 7.76. The largest absolute Gasteiger partial charge is 0.352 e. The van der Waals surface area contributed by atoms with Crippen LogP contribution in [-0.2, 0) is 26.2 Å². The molecule has 2 atom stereocenters. The van der Waals surface area contributed by atoms with Crippen molar-refractivity contribution in [3.8, 4) is 0 Å². The number of nitrogens with one attached hydrogen (secondary N) is 1. The number of rotatable bonds is 13. The molecule has 0 aliphatic carbocycles. The molecule has 2 aromatic carbocycles. The summed E-state index contributed by atoms with van der Waals surface area (Å²) >= 11 is 0. The first kappa shape index (κ1) is 29.3. The van der Waals surface area contributed by atoms with Crippen LogP contribution < -0.4 is 9.62 Å². The number of nitrogens with zero attached hydrogens (tertiary/aromatic N) is 3. The molecule has 2 aromatic rings. The van der Waals surface area contributed by atoms with Crippen LogP contribution in [0.5, 0.6) is 0 Å². The van der Waals surface area contributed by atoms with E-state index in [0.717, 1.165) is 32.7 Å². The van der Waals surface area contributed by atoms with Gasteiger partial charge in [0.05, 0.1) is 5.69 Å². The molecule has 0 aromatic heterocycles. The van der Waals surface area contributed by atoms with Gasteiger partial charge in [0.25, 0.3) is 0 Å². The van der Waals surface area contributed by atoms with Gasteiger partial charge in [-0.25, -0.2) is 8.70 Å². The van der Waals surface area contributed by atoms with Crippen molar-refractivity contribution in [2.75, 3.05) is 31.5 Å². The lowest BCUT2D eigenvalue weighted by Crippen LogP contribution is -2.55. The third-order valence-electron chi connectivity index (χ3n) is 6.00. The maximum absolute atomic E-state index is 13.7. The molecule has 0 bridgehead atoms. The number of anilines is 1. The highest BCUT2D eigenvalue weighted by Gasteiger charge is 2.33. The second-order valence-corrected chi connectivity index (χ2v) is 10.9. The first-order valence-electron chi connectivity index (χ1n) is 12.1. The Morgan fingerprint density at radius 2 is 1.58 bits per heavy atom. The Labute approximate surface area is 214 Å². The molecule has 0 aliphatic heterocycles. The van der Waals surface area contributed by atoms with Gasteiger partial charge in [0.15, 0.2) is 0 Å². The van der Waals surface area contributed by atoms with Crippen molar-refractivity contribution >= 4 is 27.7 Å². The molecule has 0 spiro atoms. The second kappa shape index (κ2) is 13.4. The minimum absolute atomic E-state index is 0.0672. The fourth-order valence-corrected chi connectivity index (χ4v) is 4.72. The van der Waals surface area contributed by atoms with Gasteiger partial charge in [-0.15, -0.1) is 0 Å². The zero-order valence-electron chi connectivity index (χ0n) is 21.6. The highest BCUT2D eigenvalue weighted by atomic mass is 32.2. The van der Waals surface area contributed by atoms with E-state index in [1.165, 1.54) is 31.1 Å². The Kier molecular flexibility index (Phi) is 10.9. The predicted molar refractivity (Wildman–Crippen MR) is 140 cm³/mol. The summed E-state index contributed by atoms with van der Waals surface area (Å²) in [5, 5.41) is 2.94. The van der Waals surface area contributed by atoms with Gasteiger partial charge in [-0.05, 0) is 56.0 Å². The average molecular weight is 521 g/mol. The smallest absolute Gasteiger partial charge is 0.304 e. The van der Waals surface area contributed by atoms with Crippen LogP contribution in [0.4, 0.5) is 10.1 Å². The molecular formula is C26H37FN4O4S. The second-order valence-electron chi connectivity index (χ2n) is 8.84. The van der Waals surface area contributed by atoms with E-state index in [4.69, 9.17) is 0 Å². The molecule has 198 valence electrons. The van der Waals surface area contributed by atoms with Gasteiger partial charge < -0.3 is 10.2 Å². The highest BCUT2D eigenvalue weighted by molar-refractivity contribution is 7.90. The van der Waals surface area contributed by atoms with E-state index >= 15 is 0 Å². The zero-order chi connectivity index (χ0) is 26.9. The van der Waals surface area contributed by atoms with Crippen molar-refractivity contribution < 1.29 is 22.4 Å². The number of amides is 2. The minimum Gasteiger partial charge on any atom is -0.352 e. The fourth-order valence-electron chi connectivity index (χ4n) is 3.66. The fraction of sp³-hybridized carbons (Fsp3) is 0.462. The number of benzene rings is 2. The van der Waals surface area contributed by atoms with Gasteiger partial charge in [0, 0.05) is 26.7 Å². The van der Waals surface area contributed by atoms with E-state index in [2.05, 4.69) is 5.32 Å². The molecule has 2 rings (SSSR count). The monoisotopic (exact) mass is 520 g/mol. The maximum Gasteiger partial charge on any atom is 0.304 e. The first-order valence-corrected chi connectivity index (χ1v) is 13.5. The normalized spacial score (nSPS) is 13.2. The summed E-state index contributed by atoms with van der Waals surface area (Å²) in [6.07, 6.45) is 1.59. The summed E-state index contributed by atoms with van der Waals surface area (Å²) in [5.41, 5.74) is 1.14. The van der Waals surface area contributed by atoms with Gasteiger partial charge in [-0.3, -0.25) is 9.59 Å². The van der Waals surface area contributed by atoms with E-state index in [0.29, 0.717) is 12.8 Å². The van der Waals surface area contributed by atoms with Gasteiger partial charge in [0.2, 0.25) is 11.8 Å². The summed E-state index contributed by atoms with van der Waals surface area (Å²) in [5.74, 6) is -1.33. The van der Waals surface area contributed by atoms with Gasteiger partial charge in [-0.2, -0.15) is 12.7 Å². The zero-order valence-corrected chi connectivity index (χ0v) is 22.5. The summed E-state index contributed by atoms with van der Waals surface area (Å²) < 4.78 is 41.7. The molecule has 36 heavy (non-hydrogen) atoms. The Morgan fingerprint density at radius 1 is 0.972 bits per heavy atom. The minimum atomic E-state index is -4.08. The lowest BCUT2D eigenvalue weighted by molar-refractivity contribution is -0.139. The SMILES string of the molecule is CCC(C)NC(=O)C(CC)N(CCc1ccccc1)C(=O)CN(c1ccc(F)cc1)S(=O)(=O)N(C)C. The van der Waals surface area contributed by atoms with Gasteiger partial charge in [-0.1, -0.05) is 44.2 Å².